The monoisotopic (exact) mass is 245 g/mol. The van der Waals surface area contributed by atoms with Crippen molar-refractivity contribution in [2.24, 2.45) is 0 Å². The van der Waals surface area contributed by atoms with Crippen LogP contribution < -0.4 is 5.32 Å². The third-order valence-corrected chi connectivity index (χ3v) is 2.94. The van der Waals surface area contributed by atoms with E-state index in [1.807, 2.05) is 18.2 Å². The Morgan fingerprint density at radius 1 is 1.17 bits per heavy atom. The SMILES string of the molecule is CC(C)c1ccccc1NCC(O)c1ccco1. The molecule has 0 saturated heterocycles. The maximum atomic E-state index is 9.94. The maximum absolute atomic E-state index is 9.94. The molecule has 0 spiro atoms. The summed E-state index contributed by atoms with van der Waals surface area (Å²) in [5.41, 5.74) is 2.32. The molecule has 2 N–H and O–H groups in total. The number of benzene rings is 1. The molecule has 2 aromatic rings. The van der Waals surface area contributed by atoms with Gasteiger partial charge in [-0.15, -0.1) is 0 Å². The van der Waals surface area contributed by atoms with Gasteiger partial charge >= 0.3 is 0 Å². The van der Waals surface area contributed by atoms with Gasteiger partial charge in [0, 0.05) is 12.2 Å². The average molecular weight is 245 g/mol. The lowest BCUT2D eigenvalue weighted by Crippen LogP contribution is -2.12. The third kappa shape index (κ3) is 2.93. The normalized spacial score (nSPS) is 12.7. The quantitative estimate of drug-likeness (QED) is 0.846. The Labute approximate surface area is 107 Å². The summed E-state index contributed by atoms with van der Waals surface area (Å²) < 4.78 is 5.17. The van der Waals surface area contributed by atoms with Gasteiger partial charge in [0.05, 0.1) is 6.26 Å². The van der Waals surface area contributed by atoms with Crippen LogP contribution in [-0.2, 0) is 0 Å². The van der Waals surface area contributed by atoms with Crippen LogP contribution in [0, 0.1) is 0 Å². The number of hydrogen-bond acceptors (Lipinski definition) is 3. The molecule has 0 amide bonds. The number of hydrogen-bond donors (Lipinski definition) is 2. The number of aliphatic hydroxyl groups excluding tert-OH is 1. The van der Waals surface area contributed by atoms with E-state index in [-0.39, 0.29) is 0 Å². The van der Waals surface area contributed by atoms with Gasteiger partial charge in [-0.1, -0.05) is 32.0 Å². The van der Waals surface area contributed by atoms with E-state index in [1.54, 1.807) is 18.4 Å². The second-order valence-corrected chi connectivity index (χ2v) is 4.65. The van der Waals surface area contributed by atoms with Gasteiger partial charge in [0.25, 0.3) is 0 Å². The standard InChI is InChI=1S/C15H19NO2/c1-11(2)12-6-3-4-7-13(12)16-10-14(17)15-8-5-9-18-15/h3-9,11,14,16-17H,10H2,1-2H3. The largest absolute Gasteiger partial charge is 0.467 e. The van der Waals surface area contributed by atoms with E-state index >= 15 is 0 Å². The van der Waals surface area contributed by atoms with Gasteiger partial charge in [-0.2, -0.15) is 0 Å². The number of furan rings is 1. The molecule has 1 atom stereocenters. The summed E-state index contributed by atoms with van der Waals surface area (Å²) in [4.78, 5) is 0. The van der Waals surface area contributed by atoms with E-state index in [4.69, 9.17) is 4.42 Å². The van der Waals surface area contributed by atoms with Crippen molar-refractivity contribution in [1.29, 1.82) is 0 Å². The highest BCUT2D eigenvalue weighted by Gasteiger charge is 2.11. The summed E-state index contributed by atoms with van der Waals surface area (Å²) >= 11 is 0. The van der Waals surface area contributed by atoms with Gasteiger partial charge in [0.1, 0.15) is 11.9 Å². The second-order valence-electron chi connectivity index (χ2n) is 4.65. The molecule has 96 valence electrons. The minimum absolute atomic E-state index is 0.442. The molecular weight excluding hydrogens is 226 g/mol. The van der Waals surface area contributed by atoms with E-state index in [0.717, 1.165) is 5.69 Å². The van der Waals surface area contributed by atoms with E-state index < -0.39 is 6.10 Å². The first-order valence-electron chi connectivity index (χ1n) is 6.22. The molecule has 3 nitrogen and oxygen atoms in total. The van der Waals surface area contributed by atoms with E-state index in [0.29, 0.717) is 18.2 Å². The lowest BCUT2D eigenvalue weighted by Gasteiger charge is -2.16. The van der Waals surface area contributed by atoms with Crippen LogP contribution in [0.3, 0.4) is 0 Å². The fourth-order valence-electron chi connectivity index (χ4n) is 1.95. The van der Waals surface area contributed by atoms with Gasteiger partial charge in [0.15, 0.2) is 0 Å². The molecule has 2 rings (SSSR count). The van der Waals surface area contributed by atoms with Crippen LogP contribution in [0.4, 0.5) is 5.69 Å². The highest BCUT2D eigenvalue weighted by molar-refractivity contribution is 5.52. The molecule has 1 unspecified atom stereocenters. The van der Waals surface area contributed by atoms with Gasteiger partial charge in [-0.3, -0.25) is 0 Å². The summed E-state index contributed by atoms with van der Waals surface area (Å²) in [6.07, 6.45) is 0.945. The van der Waals surface area contributed by atoms with Crippen LogP contribution in [0.15, 0.2) is 47.1 Å². The van der Waals surface area contributed by atoms with Crippen LogP contribution in [0.1, 0.15) is 37.2 Å². The zero-order valence-electron chi connectivity index (χ0n) is 10.8. The topological polar surface area (TPSA) is 45.4 Å². The maximum Gasteiger partial charge on any atom is 0.134 e. The molecule has 0 aliphatic heterocycles. The van der Waals surface area contributed by atoms with E-state index in [9.17, 15) is 5.11 Å². The Kier molecular flexibility index (Phi) is 4.05. The lowest BCUT2D eigenvalue weighted by molar-refractivity contribution is 0.162. The zero-order chi connectivity index (χ0) is 13.0. The predicted molar refractivity (Wildman–Crippen MR) is 72.7 cm³/mol. The van der Waals surface area contributed by atoms with Gasteiger partial charge < -0.3 is 14.8 Å². The first-order valence-corrected chi connectivity index (χ1v) is 6.22. The van der Waals surface area contributed by atoms with Crippen molar-refractivity contribution in [3.63, 3.8) is 0 Å². The summed E-state index contributed by atoms with van der Waals surface area (Å²) in [5.74, 6) is 1.04. The minimum atomic E-state index is -0.625. The van der Waals surface area contributed by atoms with Crippen LogP contribution in [0.5, 0.6) is 0 Å². The van der Waals surface area contributed by atoms with Crippen molar-refractivity contribution < 1.29 is 9.52 Å². The van der Waals surface area contributed by atoms with Crippen molar-refractivity contribution in [3.8, 4) is 0 Å². The summed E-state index contributed by atoms with van der Waals surface area (Å²) in [5, 5.41) is 13.2. The number of rotatable bonds is 5. The van der Waals surface area contributed by atoms with Crippen LogP contribution >= 0.6 is 0 Å². The molecule has 0 aliphatic rings. The Morgan fingerprint density at radius 3 is 2.61 bits per heavy atom. The number of para-hydroxylation sites is 1. The Hall–Kier alpha value is -1.74. The Morgan fingerprint density at radius 2 is 1.94 bits per heavy atom. The third-order valence-electron chi connectivity index (χ3n) is 2.94. The van der Waals surface area contributed by atoms with E-state index in [1.165, 1.54) is 5.56 Å². The van der Waals surface area contributed by atoms with Crippen LogP contribution in [-0.4, -0.2) is 11.7 Å². The minimum Gasteiger partial charge on any atom is -0.467 e. The molecule has 3 heteroatoms. The number of nitrogens with one attached hydrogen (secondary N) is 1. The summed E-state index contributed by atoms with van der Waals surface area (Å²) in [7, 11) is 0. The molecule has 1 aromatic heterocycles. The zero-order valence-corrected chi connectivity index (χ0v) is 10.8. The molecular formula is C15H19NO2. The number of aliphatic hydroxyl groups is 1. The molecule has 0 saturated carbocycles. The predicted octanol–water partition coefficient (Wildman–Crippen LogP) is 3.55. The van der Waals surface area contributed by atoms with Crippen molar-refractivity contribution in [2.75, 3.05) is 11.9 Å². The highest BCUT2D eigenvalue weighted by Crippen LogP contribution is 2.24. The molecule has 0 fully saturated rings. The number of anilines is 1. The second kappa shape index (κ2) is 5.74. The molecule has 1 heterocycles. The molecule has 18 heavy (non-hydrogen) atoms. The van der Waals surface area contributed by atoms with Crippen molar-refractivity contribution in [2.45, 2.75) is 25.9 Å². The smallest absolute Gasteiger partial charge is 0.134 e. The van der Waals surface area contributed by atoms with Gasteiger partial charge in [0.2, 0.25) is 0 Å². The fraction of sp³-hybridized carbons (Fsp3) is 0.333. The van der Waals surface area contributed by atoms with Gasteiger partial charge in [-0.25, -0.2) is 0 Å². The average Bonchev–Trinajstić information content (AvgIpc) is 2.90. The summed E-state index contributed by atoms with van der Waals surface area (Å²) in [6, 6.07) is 11.7. The van der Waals surface area contributed by atoms with Gasteiger partial charge in [-0.05, 0) is 29.7 Å². The van der Waals surface area contributed by atoms with Crippen molar-refractivity contribution in [1.82, 2.24) is 0 Å². The molecule has 0 radical (unpaired) electrons. The fourth-order valence-corrected chi connectivity index (χ4v) is 1.95. The Bertz CT molecular complexity index is 477. The first-order chi connectivity index (χ1) is 8.68. The summed E-state index contributed by atoms with van der Waals surface area (Å²) in [6.45, 7) is 4.75. The first kappa shape index (κ1) is 12.7. The molecule has 0 bridgehead atoms. The highest BCUT2D eigenvalue weighted by atomic mass is 16.4. The van der Waals surface area contributed by atoms with Crippen molar-refractivity contribution >= 4 is 5.69 Å². The van der Waals surface area contributed by atoms with Crippen LogP contribution in [0.2, 0.25) is 0 Å². The lowest BCUT2D eigenvalue weighted by atomic mass is 10.0. The molecule has 0 aliphatic carbocycles. The van der Waals surface area contributed by atoms with Crippen molar-refractivity contribution in [3.05, 3.63) is 54.0 Å². The molecule has 1 aromatic carbocycles. The van der Waals surface area contributed by atoms with E-state index in [2.05, 4.69) is 25.2 Å². The van der Waals surface area contributed by atoms with Crippen LogP contribution in [0.25, 0.3) is 0 Å². The Balaban J connectivity index is 2.02.